The van der Waals surface area contributed by atoms with Gasteiger partial charge in [-0.05, 0) is 42.8 Å². The van der Waals surface area contributed by atoms with Crippen molar-refractivity contribution in [2.24, 2.45) is 5.92 Å². The largest absolute Gasteiger partial charge is 0.395 e. The number of hydrogen-bond donors (Lipinski definition) is 4. The van der Waals surface area contributed by atoms with E-state index in [4.69, 9.17) is 15.1 Å². The van der Waals surface area contributed by atoms with Crippen LogP contribution in [0.4, 0.5) is 5.95 Å². The first-order valence-corrected chi connectivity index (χ1v) is 13.0. The fraction of sp³-hybridized carbons (Fsp3) is 0.308. The van der Waals surface area contributed by atoms with Gasteiger partial charge in [-0.25, -0.2) is 9.97 Å². The van der Waals surface area contributed by atoms with Crippen LogP contribution < -0.4 is 15.5 Å². The van der Waals surface area contributed by atoms with Crippen LogP contribution in [0.1, 0.15) is 24.1 Å². The van der Waals surface area contributed by atoms with E-state index in [2.05, 4.69) is 20.5 Å². The zero-order chi connectivity index (χ0) is 24.6. The summed E-state index contributed by atoms with van der Waals surface area (Å²) in [7, 11) is 0. The van der Waals surface area contributed by atoms with E-state index in [1.807, 2.05) is 35.7 Å². The third kappa shape index (κ3) is 3.97. The molecule has 9 nitrogen and oxygen atoms in total. The normalized spacial score (nSPS) is 17.1. The van der Waals surface area contributed by atoms with Crippen LogP contribution in [0, 0.1) is 5.92 Å². The van der Waals surface area contributed by atoms with Crippen LogP contribution in [0.5, 0.6) is 0 Å². The van der Waals surface area contributed by atoms with Gasteiger partial charge in [-0.3, -0.25) is 14.9 Å². The second-order valence-electron chi connectivity index (χ2n) is 9.15. The highest BCUT2D eigenvalue weighted by Gasteiger charge is 2.36. The van der Waals surface area contributed by atoms with Crippen molar-refractivity contribution in [3.8, 4) is 0 Å². The van der Waals surface area contributed by atoms with Crippen molar-refractivity contribution < 1.29 is 14.7 Å². The number of nitrogens with zero attached hydrogens (tertiary/aromatic N) is 3. The molecule has 1 fully saturated rings. The molecule has 0 atom stereocenters. The Bertz CT molecular complexity index is 1500. The van der Waals surface area contributed by atoms with Crippen LogP contribution in [0.2, 0.25) is 0 Å². The average molecular weight is 503 g/mol. The molecule has 0 spiro atoms. The van der Waals surface area contributed by atoms with Gasteiger partial charge in [-0.1, -0.05) is 18.2 Å². The van der Waals surface area contributed by atoms with Crippen molar-refractivity contribution >= 4 is 61.4 Å². The van der Waals surface area contributed by atoms with Gasteiger partial charge in [0.15, 0.2) is 0 Å². The Morgan fingerprint density at radius 3 is 2.72 bits per heavy atom. The highest BCUT2D eigenvalue weighted by Crippen LogP contribution is 2.38. The molecule has 2 aliphatic heterocycles. The number of carbonyl (C=O) groups excluding carboxylic acids is 2. The summed E-state index contributed by atoms with van der Waals surface area (Å²) in [5.74, 6) is 0.246. The summed E-state index contributed by atoms with van der Waals surface area (Å²) in [4.78, 5) is 41.3. The first-order chi connectivity index (χ1) is 17.6. The van der Waals surface area contributed by atoms with Gasteiger partial charge in [-0.15, -0.1) is 11.3 Å². The van der Waals surface area contributed by atoms with Crippen molar-refractivity contribution in [1.29, 1.82) is 0 Å². The van der Waals surface area contributed by atoms with E-state index in [1.165, 1.54) is 11.3 Å². The number of thiophene rings is 1. The van der Waals surface area contributed by atoms with Gasteiger partial charge in [0.2, 0.25) is 5.95 Å². The summed E-state index contributed by atoms with van der Waals surface area (Å²) in [5, 5.41) is 17.5. The number of aliphatic hydroxyl groups excluding tert-OH is 1. The van der Waals surface area contributed by atoms with E-state index >= 15 is 0 Å². The van der Waals surface area contributed by atoms with Gasteiger partial charge in [0.1, 0.15) is 0 Å². The number of anilines is 1. The Morgan fingerprint density at radius 1 is 1.08 bits per heavy atom. The maximum absolute atomic E-state index is 13.2. The van der Waals surface area contributed by atoms with Crippen molar-refractivity contribution in [3.63, 3.8) is 0 Å². The number of aromatic amines is 1. The molecule has 0 saturated carbocycles. The molecule has 0 bridgehead atoms. The van der Waals surface area contributed by atoms with Gasteiger partial charge >= 0.3 is 0 Å². The number of piperidine rings is 1. The molecule has 3 aromatic heterocycles. The monoisotopic (exact) mass is 502 g/mol. The first kappa shape index (κ1) is 22.8. The third-order valence-electron chi connectivity index (χ3n) is 6.93. The van der Waals surface area contributed by atoms with Gasteiger partial charge in [-0.2, -0.15) is 0 Å². The van der Waals surface area contributed by atoms with E-state index in [1.54, 1.807) is 6.20 Å². The standard InChI is InChI=1S/C26H26N6O3S/c33-11-8-27-13-15-5-9-32(10-6-15)26-29-18-4-2-1-3-16(18)22(30-26)21-20(24(34)31-25(21)35)17-14-28-19-7-12-36-23(17)19/h1-4,7,12,14-15,27-28,33H,5-6,8-11,13H2,(H,31,34,35). The topological polar surface area (TPSA) is 123 Å². The van der Waals surface area contributed by atoms with Crippen LogP contribution in [-0.4, -0.2) is 64.7 Å². The summed E-state index contributed by atoms with van der Waals surface area (Å²) < 4.78 is 0.933. The second-order valence-corrected chi connectivity index (χ2v) is 10.1. The summed E-state index contributed by atoms with van der Waals surface area (Å²) >= 11 is 1.53. The number of H-pyrrole nitrogens is 1. The molecule has 0 aliphatic carbocycles. The molecule has 4 aromatic rings. The molecule has 4 N–H and O–H groups in total. The fourth-order valence-corrected chi connectivity index (χ4v) is 5.97. The van der Waals surface area contributed by atoms with Gasteiger partial charge in [0.05, 0.1) is 39.2 Å². The lowest BCUT2D eigenvalue weighted by atomic mass is 9.97. The quantitative estimate of drug-likeness (QED) is 0.226. The number of hydrogen-bond acceptors (Lipinski definition) is 8. The zero-order valence-corrected chi connectivity index (χ0v) is 20.4. The van der Waals surface area contributed by atoms with Crippen molar-refractivity contribution in [2.75, 3.05) is 37.7 Å². The predicted octanol–water partition coefficient (Wildman–Crippen LogP) is 2.54. The van der Waals surface area contributed by atoms with Crippen LogP contribution in [-0.2, 0) is 9.59 Å². The first-order valence-electron chi connectivity index (χ1n) is 12.1. The highest BCUT2D eigenvalue weighted by molar-refractivity contribution is 7.17. The Balaban J connectivity index is 1.43. The number of fused-ring (bicyclic) bond motifs is 2. The molecule has 36 heavy (non-hydrogen) atoms. The van der Waals surface area contributed by atoms with Crippen LogP contribution >= 0.6 is 11.3 Å². The fourth-order valence-electron chi connectivity index (χ4n) is 5.09. The second kappa shape index (κ2) is 9.45. The molecule has 0 radical (unpaired) electrons. The molecular formula is C26H26N6O3S. The molecule has 0 unspecified atom stereocenters. The zero-order valence-electron chi connectivity index (χ0n) is 19.6. The molecule has 5 heterocycles. The van der Waals surface area contributed by atoms with Crippen molar-refractivity contribution in [1.82, 2.24) is 25.6 Å². The number of carbonyl (C=O) groups is 2. The van der Waals surface area contributed by atoms with Crippen molar-refractivity contribution in [2.45, 2.75) is 12.8 Å². The molecule has 6 rings (SSSR count). The lowest BCUT2D eigenvalue weighted by Gasteiger charge is -2.32. The third-order valence-corrected chi connectivity index (χ3v) is 7.88. The molecular weight excluding hydrogens is 476 g/mol. The lowest BCUT2D eigenvalue weighted by molar-refractivity contribution is -0.122. The number of benzene rings is 1. The van der Waals surface area contributed by atoms with Crippen LogP contribution in [0.3, 0.4) is 0 Å². The summed E-state index contributed by atoms with van der Waals surface area (Å²) in [6.07, 6.45) is 3.75. The molecule has 1 saturated heterocycles. The molecule has 2 aliphatic rings. The number of para-hydroxylation sites is 1. The molecule has 2 amide bonds. The SMILES string of the molecule is O=C1NC(=O)C(c2c[nH]c3ccsc23)=C1c1nc(N2CCC(CNCCO)CC2)nc2ccccc12. The van der Waals surface area contributed by atoms with Crippen molar-refractivity contribution in [3.05, 3.63) is 53.2 Å². The average Bonchev–Trinajstić information content (AvgIpc) is 3.59. The molecule has 1 aromatic carbocycles. The number of aliphatic hydroxyl groups is 1. The number of aromatic nitrogens is 3. The predicted molar refractivity (Wildman–Crippen MR) is 141 cm³/mol. The Hall–Kier alpha value is -3.60. The summed E-state index contributed by atoms with van der Waals surface area (Å²) in [6.45, 7) is 3.22. The lowest BCUT2D eigenvalue weighted by Crippen LogP contribution is -2.38. The molecule has 10 heteroatoms. The van der Waals surface area contributed by atoms with Crippen LogP contribution in [0.15, 0.2) is 41.9 Å². The number of amides is 2. The van der Waals surface area contributed by atoms with E-state index in [-0.39, 0.29) is 12.2 Å². The minimum Gasteiger partial charge on any atom is -0.395 e. The smallest absolute Gasteiger partial charge is 0.261 e. The Morgan fingerprint density at radius 2 is 1.89 bits per heavy atom. The Labute approximate surface area is 211 Å². The highest BCUT2D eigenvalue weighted by atomic mass is 32.1. The van der Waals surface area contributed by atoms with Gasteiger partial charge in [0.25, 0.3) is 11.8 Å². The summed E-state index contributed by atoms with van der Waals surface area (Å²) in [6, 6.07) is 9.57. The van der Waals surface area contributed by atoms with Gasteiger partial charge < -0.3 is 20.3 Å². The van der Waals surface area contributed by atoms with Crippen LogP contribution in [0.25, 0.3) is 32.3 Å². The van der Waals surface area contributed by atoms with E-state index in [0.717, 1.165) is 53.6 Å². The number of rotatable bonds is 7. The molecule has 184 valence electrons. The maximum atomic E-state index is 13.2. The van der Waals surface area contributed by atoms with Gasteiger partial charge in [0, 0.05) is 36.8 Å². The number of imide groups is 1. The Kier molecular flexibility index (Phi) is 6.00. The number of nitrogens with one attached hydrogen (secondary N) is 3. The summed E-state index contributed by atoms with van der Waals surface area (Å²) in [5.41, 5.74) is 3.48. The minimum atomic E-state index is -0.440. The van der Waals surface area contributed by atoms with E-state index in [0.29, 0.717) is 35.2 Å². The van der Waals surface area contributed by atoms with E-state index < -0.39 is 11.8 Å². The maximum Gasteiger partial charge on any atom is 0.261 e. The minimum absolute atomic E-state index is 0.140. The van der Waals surface area contributed by atoms with E-state index in [9.17, 15) is 9.59 Å².